The molecule has 0 aliphatic heterocycles. The summed E-state index contributed by atoms with van der Waals surface area (Å²) in [6, 6.07) is 0. The van der Waals surface area contributed by atoms with E-state index in [9.17, 15) is 9.59 Å². The van der Waals surface area contributed by atoms with Crippen LogP contribution in [-0.2, 0) is 14.3 Å². The number of aliphatic carboxylic acids is 1. The maximum absolute atomic E-state index is 11.6. The number of carboxylic acid groups (broad SMARTS) is 1. The molecule has 0 saturated carbocycles. The SMILES string of the molecule is CC(C)CCCCCCCOC(=O)CCCCCCCCC(=O)O. The van der Waals surface area contributed by atoms with E-state index in [1.54, 1.807) is 0 Å². The highest BCUT2D eigenvalue weighted by Crippen LogP contribution is 2.11. The molecule has 4 nitrogen and oxygen atoms in total. The maximum Gasteiger partial charge on any atom is 0.305 e. The van der Waals surface area contributed by atoms with Crippen LogP contribution in [0.1, 0.15) is 104 Å². The van der Waals surface area contributed by atoms with Gasteiger partial charge in [0.1, 0.15) is 0 Å². The lowest BCUT2D eigenvalue weighted by atomic mass is 10.0. The molecular formula is C20H38O4. The number of carboxylic acids is 1. The highest BCUT2D eigenvalue weighted by Gasteiger charge is 2.03. The second-order valence-electron chi connectivity index (χ2n) is 7.19. The first-order chi connectivity index (χ1) is 11.5. The number of ether oxygens (including phenoxy) is 1. The van der Waals surface area contributed by atoms with Gasteiger partial charge < -0.3 is 9.84 Å². The molecular weight excluding hydrogens is 304 g/mol. The Hall–Kier alpha value is -1.06. The molecule has 0 rings (SSSR count). The van der Waals surface area contributed by atoms with E-state index in [0.717, 1.165) is 57.3 Å². The minimum Gasteiger partial charge on any atom is -0.481 e. The third-order valence-electron chi connectivity index (χ3n) is 4.21. The minimum absolute atomic E-state index is 0.0688. The Morgan fingerprint density at radius 2 is 1.25 bits per heavy atom. The molecule has 0 aromatic heterocycles. The quantitative estimate of drug-likeness (QED) is 0.271. The minimum atomic E-state index is -0.715. The first-order valence-corrected chi connectivity index (χ1v) is 9.89. The van der Waals surface area contributed by atoms with Crippen LogP contribution >= 0.6 is 0 Å². The second-order valence-corrected chi connectivity index (χ2v) is 7.19. The highest BCUT2D eigenvalue weighted by atomic mass is 16.5. The molecule has 142 valence electrons. The molecule has 24 heavy (non-hydrogen) atoms. The lowest BCUT2D eigenvalue weighted by Gasteiger charge is -2.06. The van der Waals surface area contributed by atoms with E-state index in [2.05, 4.69) is 13.8 Å². The van der Waals surface area contributed by atoms with E-state index in [4.69, 9.17) is 9.84 Å². The van der Waals surface area contributed by atoms with Crippen LogP contribution in [0, 0.1) is 5.92 Å². The van der Waals surface area contributed by atoms with Crippen molar-refractivity contribution in [2.24, 2.45) is 5.92 Å². The summed E-state index contributed by atoms with van der Waals surface area (Å²) in [5.41, 5.74) is 0. The average molecular weight is 343 g/mol. The van der Waals surface area contributed by atoms with Gasteiger partial charge in [-0.05, 0) is 25.2 Å². The molecule has 0 fully saturated rings. The van der Waals surface area contributed by atoms with Gasteiger partial charge in [-0.15, -0.1) is 0 Å². The van der Waals surface area contributed by atoms with Gasteiger partial charge in [0.2, 0.25) is 0 Å². The van der Waals surface area contributed by atoms with E-state index in [1.165, 1.54) is 25.7 Å². The van der Waals surface area contributed by atoms with Crippen molar-refractivity contribution >= 4 is 11.9 Å². The summed E-state index contributed by atoms with van der Waals surface area (Å²) < 4.78 is 5.25. The van der Waals surface area contributed by atoms with Crippen LogP contribution in [-0.4, -0.2) is 23.7 Å². The molecule has 0 heterocycles. The fourth-order valence-corrected chi connectivity index (χ4v) is 2.70. The number of esters is 1. The lowest BCUT2D eigenvalue weighted by Crippen LogP contribution is -2.05. The summed E-state index contributed by atoms with van der Waals surface area (Å²) in [7, 11) is 0. The molecule has 0 radical (unpaired) electrons. The number of carbonyl (C=O) groups is 2. The number of carbonyl (C=O) groups excluding carboxylic acids is 1. The Morgan fingerprint density at radius 3 is 1.83 bits per heavy atom. The van der Waals surface area contributed by atoms with Crippen molar-refractivity contribution in [2.75, 3.05) is 6.61 Å². The van der Waals surface area contributed by atoms with E-state index >= 15 is 0 Å². The third kappa shape index (κ3) is 19.0. The van der Waals surface area contributed by atoms with Crippen molar-refractivity contribution < 1.29 is 19.4 Å². The molecule has 4 heteroatoms. The topological polar surface area (TPSA) is 63.6 Å². The zero-order chi connectivity index (χ0) is 18.0. The van der Waals surface area contributed by atoms with Crippen LogP contribution in [0.15, 0.2) is 0 Å². The van der Waals surface area contributed by atoms with Gasteiger partial charge in [-0.2, -0.15) is 0 Å². The Balaban J connectivity index is 3.20. The van der Waals surface area contributed by atoms with Crippen LogP contribution in [0.4, 0.5) is 0 Å². The van der Waals surface area contributed by atoms with Gasteiger partial charge in [-0.1, -0.05) is 71.6 Å². The third-order valence-corrected chi connectivity index (χ3v) is 4.21. The van der Waals surface area contributed by atoms with Crippen molar-refractivity contribution in [3.05, 3.63) is 0 Å². The lowest BCUT2D eigenvalue weighted by molar-refractivity contribution is -0.144. The number of rotatable bonds is 17. The summed E-state index contributed by atoms with van der Waals surface area (Å²) in [6.07, 6.45) is 13.8. The standard InChI is InChI=1S/C20H38O4/c1-18(2)14-10-6-5-9-13-17-24-20(23)16-12-8-4-3-7-11-15-19(21)22/h18H,3-17H2,1-2H3,(H,21,22). The predicted molar refractivity (Wildman–Crippen MR) is 98.1 cm³/mol. The molecule has 0 aliphatic rings. The van der Waals surface area contributed by atoms with Crippen LogP contribution in [0.5, 0.6) is 0 Å². The molecule has 0 atom stereocenters. The van der Waals surface area contributed by atoms with Crippen LogP contribution in [0.3, 0.4) is 0 Å². The summed E-state index contributed by atoms with van der Waals surface area (Å²) in [5, 5.41) is 8.53. The van der Waals surface area contributed by atoms with Crippen molar-refractivity contribution in [2.45, 2.75) is 104 Å². The molecule has 0 saturated heterocycles. The fraction of sp³-hybridized carbons (Fsp3) is 0.900. The van der Waals surface area contributed by atoms with E-state index < -0.39 is 5.97 Å². The summed E-state index contributed by atoms with van der Waals surface area (Å²) in [4.78, 5) is 21.9. The monoisotopic (exact) mass is 342 g/mol. The van der Waals surface area contributed by atoms with Crippen LogP contribution in [0.25, 0.3) is 0 Å². The van der Waals surface area contributed by atoms with Crippen molar-refractivity contribution in [3.8, 4) is 0 Å². The second kappa shape index (κ2) is 16.8. The molecule has 0 bridgehead atoms. The van der Waals surface area contributed by atoms with Gasteiger partial charge in [0, 0.05) is 12.8 Å². The number of unbranched alkanes of at least 4 members (excludes halogenated alkanes) is 9. The molecule has 0 aromatic carbocycles. The van der Waals surface area contributed by atoms with Crippen molar-refractivity contribution in [3.63, 3.8) is 0 Å². The normalized spacial score (nSPS) is 11.0. The predicted octanol–water partition coefficient (Wildman–Crippen LogP) is 5.73. The van der Waals surface area contributed by atoms with Crippen LogP contribution in [0.2, 0.25) is 0 Å². The first kappa shape index (κ1) is 22.9. The molecule has 0 aliphatic carbocycles. The number of hydrogen-bond donors (Lipinski definition) is 1. The zero-order valence-electron chi connectivity index (χ0n) is 15.9. The molecule has 0 amide bonds. The van der Waals surface area contributed by atoms with E-state index in [1.807, 2.05) is 0 Å². The largest absolute Gasteiger partial charge is 0.481 e. The highest BCUT2D eigenvalue weighted by molar-refractivity contribution is 5.69. The maximum atomic E-state index is 11.6. The van der Waals surface area contributed by atoms with Gasteiger partial charge in [0.15, 0.2) is 0 Å². The van der Waals surface area contributed by atoms with E-state index in [-0.39, 0.29) is 12.4 Å². The van der Waals surface area contributed by atoms with Crippen LogP contribution < -0.4 is 0 Å². The fourth-order valence-electron chi connectivity index (χ4n) is 2.70. The zero-order valence-corrected chi connectivity index (χ0v) is 15.9. The van der Waals surface area contributed by atoms with Gasteiger partial charge >= 0.3 is 11.9 Å². The Labute approximate surface area is 148 Å². The number of hydrogen-bond acceptors (Lipinski definition) is 3. The van der Waals surface area contributed by atoms with Gasteiger partial charge in [-0.3, -0.25) is 9.59 Å². The van der Waals surface area contributed by atoms with Gasteiger partial charge in [-0.25, -0.2) is 0 Å². The van der Waals surface area contributed by atoms with Crippen molar-refractivity contribution in [1.29, 1.82) is 0 Å². The Morgan fingerprint density at radius 1 is 0.750 bits per heavy atom. The Bertz CT molecular complexity index is 313. The smallest absolute Gasteiger partial charge is 0.305 e. The van der Waals surface area contributed by atoms with E-state index in [0.29, 0.717) is 13.0 Å². The summed E-state index contributed by atoms with van der Waals surface area (Å²) >= 11 is 0. The molecule has 0 unspecified atom stereocenters. The summed E-state index contributed by atoms with van der Waals surface area (Å²) in [6.45, 7) is 5.09. The first-order valence-electron chi connectivity index (χ1n) is 9.89. The molecule has 0 spiro atoms. The van der Waals surface area contributed by atoms with Crippen molar-refractivity contribution in [1.82, 2.24) is 0 Å². The Kier molecular flexibility index (Phi) is 16.0. The summed E-state index contributed by atoms with van der Waals surface area (Å²) in [5.74, 6) is 0.0182. The molecule has 1 N–H and O–H groups in total. The molecule has 0 aromatic rings. The van der Waals surface area contributed by atoms with Gasteiger partial charge in [0.25, 0.3) is 0 Å². The average Bonchev–Trinajstić information content (AvgIpc) is 2.51. The van der Waals surface area contributed by atoms with Gasteiger partial charge in [0.05, 0.1) is 6.61 Å².